The summed E-state index contributed by atoms with van der Waals surface area (Å²) in [4.78, 5) is 0. The van der Waals surface area contributed by atoms with E-state index in [1.807, 2.05) is 0 Å². The maximum absolute atomic E-state index is 2.52. The summed E-state index contributed by atoms with van der Waals surface area (Å²) in [5.41, 5.74) is 7.91. The Labute approximate surface area is 255 Å². The first-order chi connectivity index (χ1) is 21.7. The topological polar surface area (TPSA) is 0 Å². The minimum Gasteiger partial charge on any atom is -0.0620 e. The van der Waals surface area contributed by atoms with Crippen molar-refractivity contribution in [2.24, 2.45) is 0 Å². The molecule has 0 atom stereocenters. The van der Waals surface area contributed by atoms with Gasteiger partial charge >= 0.3 is 0 Å². The van der Waals surface area contributed by atoms with E-state index >= 15 is 0 Å². The Morgan fingerprint density at radius 2 is 0.682 bits per heavy atom. The van der Waals surface area contributed by atoms with Crippen LogP contribution >= 0.6 is 0 Å². The minimum atomic E-state index is 1.30. The number of benzene rings is 8. The van der Waals surface area contributed by atoms with Gasteiger partial charge in [0.25, 0.3) is 0 Å². The molecule has 0 saturated carbocycles. The highest BCUT2D eigenvalue weighted by Crippen LogP contribution is 2.53. The van der Waals surface area contributed by atoms with E-state index in [-0.39, 0.29) is 0 Å². The number of hydrogen-bond donors (Lipinski definition) is 0. The molecule has 0 spiro atoms. The van der Waals surface area contributed by atoms with Crippen molar-refractivity contribution in [3.8, 4) is 22.3 Å². The molecule has 10 aromatic carbocycles. The van der Waals surface area contributed by atoms with E-state index in [0.717, 1.165) is 0 Å². The van der Waals surface area contributed by atoms with Crippen molar-refractivity contribution in [1.82, 2.24) is 0 Å². The Bertz CT molecular complexity index is 2590. The third kappa shape index (κ3) is 2.98. The van der Waals surface area contributed by atoms with Gasteiger partial charge in [-0.05, 0) is 135 Å². The quantitative estimate of drug-likeness (QED) is 0.199. The van der Waals surface area contributed by atoms with Crippen molar-refractivity contribution < 1.29 is 0 Å². The van der Waals surface area contributed by atoms with Gasteiger partial charge in [0.15, 0.2) is 0 Å². The lowest BCUT2D eigenvalue weighted by molar-refractivity contribution is 1.47. The van der Waals surface area contributed by atoms with Crippen LogP contribution in [0.2, 0.25) is 0 Å². The number of rotatable bonds is 2. The smallest absolute Gasteiger partial charge is 0.000731 e. The Morgan fingerprint density at radius 3 is 1.11 bits per heavy atom. The fourth-order valence-corrected chi connectivity index (χ4v) is 8.33. The molecule has 10 aromatic rings. The second-order valence-corrected chi connectivity index (χ2v) is 12.5. The number of fused-ring (bicyclic) bond motifs is 7. The molecule has 0 unspecified atom stereocenters. The van der Waals surface area contributed by atoms with Gasteiger partial charge in [-0.25, -0.2) is 0 Å². The third-order valence-corrected chi connectivity index (χ3v) is 10.2. The summed E-state index contributed by atoms with van der Waals surface area (Å²) in [7, 11) is 0. The zero-order valence-electron chi connectivity index (χ0n) is 24.7. The highest BCUT2D eigenvalue weighted by Gasteiger charge is 2.25. The predicted octanol–water partition coefficient (Wildman–Crippen LogP) is 12.6. The number of hydrogen-bond acceptors (Lipinski definition) is 0. The maximum atomic E-state index is 2.52. The van der Waals surface area contributed by atoms with Crippen molar-refractivity contribution in [2.45, 2.75) is 13.8 Å². The highest BCUT2D eigenvalue weighted by atomic mass is 14.3. The molecule has 0 heteroatoms. The minimum absolute atomic E-state index is 1.30. The van der Waals surface area contributed by atoms with Gasteiger partial charge < -0.3 is 0 Å². The van der Waals surface area contributed by atoms with Crippen LogP contribution in [0.5, 0.6) is 0 Å². The molecule has 0 amide bonds. The van der Waals surface area contributed by atoms with Crippen LogP contribution in [-0.4, -0.2) is 0 Å². The Morgan fingerprint density at radius 1 is 0.295 bits per heavy atom. The molecule has 0 bridgehead atoms. The monoisotopic (exact) mass is 556 g/mol. The normalized spacial score (nSPS) is 12.3. The standard InChI is InChI=1S/C44H28/c1-25-11-3-5-17-29(25)41-37-23-35-31-19-7-13-27-14-8-20-32(39(27)31)36(35)24-38(37)42(30-18-6-4-12-26(30)2)44-34-22-10-16-28-15-9-21-33(40(28)34)43(41)44/h3-24H,1-2H3. The molecule has 10 rings (SSSR count). The lowest BCUT2D eigenvalue weighted by atomic mass is 9.84. The van der Waals surface area contributed by atoms with Gasteiger partial charge in [-0.3, -0.25) is 0 Å². The van der Waals surface area contributed by atoms with Crippen LogP contribution in [0.15, 0.2) is 133 Å². The van der Waals surface area contributed by atoms with E-state index in [2.05, 4.69) is 147 Å². The first-order valence-electron chi connectivity index (χ1n) is 15.5. The molecule has 0 aliphatic carbocycles. The summed E-state index contributed by atoms with van der Waals surface area (Å²) in [6, 6.07) is 50.1. The van der Waals surface area contributed by atoms with Crippen molar-refractivity contribution >= 4 is 75.4 Å². The zero-order valence-corrected chi connectivity index (χ0v) is 24.7. The summed E-state index contributed by atoms with van der Waals surface area (Å²) in [5.74, 6) is 0. The fraction of sp³-hybridized carbons (Fsp3) is 0.0455. The van der Waals surface area contributed by atoms with Crippen LogP contribution in [0.25, 0.3) is 97.7 Å². The van der Waals surface area contributed by atoms with Crippen LogP contribution in [0.4, 0.5) is 0 Å². The largest absolute Gasteiger partial charge is 0.0620 e. The highest BCUT2D eigenvalue weighted by molar-refractivity contribution is 6.42. The van der Waals surface area contributed by atoms with E-state index in [9.17, 15) is 0 Å². The lowest BCUT2D eigenvalue weighted by Crippen LogP contribution is -1.92. The van der Waals surface area contributed by atoms with Gasteiger partial charge in [-0.1, -0.05) is 121 Å². The van der Waals surface area contributed by atoms with E-state index in [1.54, 1.807) is 0 Å². The fourth-order valence-electron chi connectivity index (χ4n) is 8.33. The van der Waals surface area contributed by atoms with Crippen LogP contribution in [0, 0.1) is 13.8 Å². The van der Waals surface area contributed by atoms with Crippen LogP contribution in [0.1, 0.15) is 11.1 Å². The second kappa shape index (κ2) is 8.56. The average molecular weight is 557 g/mol. The zero-order chi connectivity index (χ0) is 29.1. The molecule has 0 aliphatic rings. The first-order valence-corrected chi connectivity index (χ1v) is 15.5. The summed E-state index contributed by atoms with van der Waals surface area (Å²) in [6.45, 7) is 4.52. The molecular formula is C44H28. The predicted molar refractivity (Wildman–Crippen MR) is 192 cm³/mol. The van der Waals surface area contributed by atoms with Crippen molar-refractivity contribution in [3.05, 3.63) is 145 Å². The summed E-state index contributed by atoms with van der Waals surface area (Å²) in [6.07, 6.45) is 0. The van der Waals surface area contributed by atoms with E-state index in [0.29, 0.717) is 0 Å². The molecule has 0 N–H and O–H groups in total. The van der Waals surface area contributed by atoms with Gasteiger partial charge in [0.1, 0.15) is 0 Å². The Hall–Kier alpha value is -5.46. The van der Waals surface area contributed by atoms with Gasteiger partial charge in [0.2, 0.25) is 0 Å². The molecular weight excluding hydrogens is 528 g/mol. The van der Waals surface area contributed by atoms with Gasteiger partial charge in [0, 0.05) is 0 Å². The van der Waals surface area contributed by atoms with Crippen LogP contribution < -0.4 is 0 Å². The molecule has 0 fully saturated rings. The molecule has 0 radical (unpaired) electrons. The summed E-state index contributed by atoms with van der Waals surface area (Å²) >= 11 is 0. The molecule has 0 nitrogen and oxygen atoms in total. The average Bonchev–Trinajstić information content (AvgIpc) is 3.55. The molecule has 204 valence electrons. The Balaban J connectivity index is 1.58. The van der Waals surface area contributed by atoms with Crippen LogP contribution in [-0.2, 0) is 0 Å². The van der Waals surface area contributed by atoms with Gasteiger partial charge in [0.05, 0.1) is 0 Å². The van der Waals surface area contributed by atoms with E-state index < -0.39 is 0 Å². The summed E-state index contributed by atoms with van der Waals surface area (Å²) in [5, 5.41) is 18.8. The Kier molecular flexibility index (Phi) is 4.67. The van der Waals surface area contributed by atoms with Gasteiger partial charge in [-0.2, -0.15) is 0 Å². The molecule has 0 saturated heterocycles. The SMILES string of the molecule is Cc1ccccc1-c1c2cc3c(cc2c(-c2ccccc2C)c2c4cccc5cccc(c12)c54)c1cccc2cccc3c21. The molecule has 0 aromatic heterocycles. The van der Waals surface area contributed by atoms with Crippen molar-refractivity contribution in [3.63, 3.8) is 0 Å². The van der Waals surface area contributed by atoms with E-state index in [4.69, 9.17) is 0 Å². The summed E-state index contributed by atoms with van der Waals surface area (Å²) < 4.78 is 0. The van der Waals surface area contributed by atoms with Crippen molar-refractivity contribution in [1.29, 1.82) is 0 Å². The van der Waals surface area contributed by atoms with Crippen LogP contribution in [0.3, 0.4) is 0 Å². The second-order valence-electron chi connectivity index (χ2n) is 12.5. The van der Waals surface area contributed by atoms with E-state index in [1.165, 1.54) is 109 Å². The molecule has 0 heterocycles. The lowest BCUT2D eigenvalue weighted by Gasteiger charge is -2.19. The third-order valence-electron chi connectivity index (χ3n) is 10.2. The molecule has 44 heavy (non-hydrogen) atoms. The van der Waals surface area contributed by atoms with Gasteiger partial charge in [-0.15, -0.1) is 0 Å². The molecule has 0 aliphatic heterocycles. The number of aryl methyl sites for hydroxylation is 2. The first kappa shape index (κ1) is 24.0. The van der Waals surface area contributed by atoms with Crippen molar-refractivity contribution in [2.75, 3.05) is 0 Å². The maximum Gasteiger partial charge on any atom is -0.000731 e.